The Morgan fingerprint density at radius 2 is 2.24 bits per heavy atom. The molecule has 2 aromatic heterocycles. The third-order valence-corrected chi connectivity index (χ3v) is 2.94. The van der Waals surface area contributed by atoms with E-state index in [1.807, 2.05) is 6.07 Å². The van der Waals surface area contributed by atoms with Crippen LogP contribution in [0, 0.1) is 0 Å². The minimum atomic E-state index is 0.479. The van der Waals surface area contributed by atoms with Crippen LogP contribution in [0.5, 0.6) is 0 Å². The Balaban J connectivity index is 2.03. The molecule has 5 nitrogen and oxygen atoms in total. The second-order valence-electron chi connectivity index (χ2n) is 3.87. The summed E-state index contributed by atoms with van der Waals surface area (Å²) < 4.78 is 7.51. The molecule has 0 amide bonds. The highest BCUT2D eigenvalue weighted by molar-refractivity contribution is 6.29. The molecule has 0 saturated heterocycles. The van der Waals surface area contributed by atoms with Gasteiger partial charge in [0.05, 0.1) is 0 Å². The average Bonchev–Trinajstić information content (AvgIpc) is 2.60. The summed E-state index contributed by atoms with van der Waals surface area (Å²) in [4.78, 5) is 4.06. The highest BCUT2D eigenvalue weighted by Crippen LogP contribution is 2.21. The molecule has 6 heteroatoms. The van der Waals surface area contributed by atoms with Gasteiger partial charge in [-0.1, -0.05) is 11.6 Å². The Bertz CT molecular complexity index is 523. The van der Waals surface area contributed by atoms with E-state index in [4.69, 9.17) is 16.3 Å². The van der Waals surface area contributed by atoms with Crippen molar-refractivity contribution in [2.45, 2.75) is 19.6 Å². The van der Waals surface area contributed by atoms with Crippen LogP contribution in [0.25, 0.3) is 11.4 Å². The molecular formula is C11H11ClN4O. The number of ether oxygens (including phenoxy) is 1. The lowest BCUT2D eigenvalue weighted by atomic mass is 10.2. The number of hydrogen-bond donors (Lipinski definition) is 0. The first-order chi connectivity index (χ1) is 8.34. The molecule has 0 N–H and O–H groups in total. The van der Waals surface area contributed by atoms with E-state index in [0.29, 0.717) is 11.8 Å². The molecule has 0 aromatic carbocycles. The molecule has 0 atom stereocenters. The van der Waals surface area contributed by atoms with Gasteiger partial charge in [-0.3, -0.25) is 0 Å². The van der Waals surface area contributed by atoms with Crippen LogP contribution < -0.4 is 0 Å². The Morgan fingerprint density at radius 1 is 1.29 bits per heavy atom. The normalized spacial score (nSPS) is 15.4. The van der Waals surface area contributed by atoms with E-state index < -0.39 is 0 Å². The monoisotopic (exact) mass is 250 g/mol. The number of nitrogens with zero attached hydrogens (tertiary/aromatic N) is 4. The number of aromatic nitrogens is 4. The maximum Gasteiger partial charge on any atom is 0.165 e. The summed E-state index contributed by atoms with van der Waals surface area (Å²) in [5, 5.41) is 8.81. The molecule has 1 aliphatic rings. The number of fused-ring (bicyclic) bond motifs is 1. The summed E-state index contributed by atoms with van der Waals surface area (Å²) >= 11 is 5.77. The molecule has 2 aromatic rings. The zero-order valence-electron chi connectivity index (χ0n) is 9.14. The van der Waals surface area contributed by atoms with Gasteiger partial charge >= 0.3 is 0 Å². The maximum atomic E-state index is 5.77. The van der Waals surface area contributed by atoms with Crippen molar-refractivity contribution in [3.63, 3.8) is 0 Å². The maximum absolute atomic E-state index is 5.77. The predicted octanol–water partition coefficient (Wildman–Crippen LogP) is 1.91. The van der Waals surface area contributed by atoms with E-state index in [-0.39, 0.29) is 0 Å². The molecule has 0 bridgehead atoms. The molecule has 0 aliphatic carbocycles. The Hall–Kier alpha value is -1.46. The number of halogens is 1. The van der Waals surface area contributed by atoms with Crippen molar-refractivity contribution in [1.29, 1.82) is 0 Å². The largest absolute Gasteiger partial charge is 0.373 e. The summed E-state index contributed by atoms with van der Waals surface area (Å²) in [6.07, 6.45) is 2.68. The number of pyridine rings is 1. The molecule has 3 heterocycles. The summed E-state index contributed by atoms with van der Waals surface area (Å²) in [5.74, 6) is 1.70. The minimum Gasteiger partial charge on any atom is -0.373 e. The van der Waals surface area contributed by atoms with Crippen molar-refractivity contribution in [3.8, 4) is 11.4 Å². The topological polar surface area (TPSA) is 52.8 Å². The Labute approximate surface area is 103 Å². The molecule has 0 radical (unpaired) electrons. The Kier molecular flexibility index (Phi) is 2.78. The van der Waals surface area contributed by atoms with Crippen LogP contribution in [-0.2, 0) is 17.9 Å². The van der Waals surface area contributed by atoms with Crippen LogP contribution in [0.2, 0.25) is 5.15 Å². The van der Waals surface area contributed by atoms with Gasteiger partial charge < -0.3 is 9.30 Å². The second-order valence-corrected chi connectivity index (χ2v) is 4.25. The first-order valence-corrected chi connectivity index (χ1v) is 5.84. The molecule has 88 valence electrons. The quantitative estimate of drug-likeness (QED) is 0.726. The van der Waals surface area contributed by atoms with Crippen molar-refractivity contribution < 1.29 is 4.74 Å². The molecule has 0 fully saturated rings. The van der Waals surface area contributed by atoms with Gasteiger partial charge in [0.25, 0.3) is 0 Å². The average molecular weight is 251 g/mol. The zero-order valence-corrected chi connectivity index (χ0v) is 9.89. The second kappa shape index (κ2) is 4.43. The SMILES string of the molecule is Clc1ccc(-c2nnc3n2CCCOC3)cn1. The van der Waals surface area contributed by atoms with Crippen LogP contribution in [0.1, 0.15) is 12.2 Å². The summed E-state index contributed by atoms with van der Waals surface area (Å²) in [5.41, 5.74) is 0.926. The zero-order chi connectivity index (χ0) is 11.7. The van der Waals surface area contributed by atoms with Gasteiger partial charge in [-0.05, 0) is 18.6 Å². The smallest absolute Gasteiger partial charge is 0.165 e. The summed E-state index contributed by atoms with van der Waals surface area (Å²) in [6, 6.07) is 3.66. The predicted molar refractivity (Wildman–Crippen MR) is 62.5 cm³/mol. The van der Waals surface area contributed by atoms with E-state index in [1.54, 1.807) is 12.3 Å². The lowest BCUT2D eigenvalue weighted by molar-refractivity contribution is 0.122. The highest BCUT2D eigenvalue weighted by atomic mass is 35.5. The van der Waals surface area contributed by atoms with E-state index in [2.05, 4.69) is 19.7 Å². The van der Waals surface area contributed by atoms with Crippen molar-refractivity contribution >= 4 is 11.6 Å². The summed E-state index contributed by atoms with van der Waals surface area (Å²) in [6.45, 7) is 2.16. The number of hydrogen-bond acceptors (Lipinski definition) is 4. The van der Waals surface area contributed by atoms with Gasteiger partial charge in [-0.2, -0.15) is 0 Å². The van der Waals surface area contributed by atoms with Crippen molar-refractivity contribution in [2.24, 2.45) is 0 Å². The van der Waals surface area contributed by atoms with E-state index >= 15 is 0 Å². The lowest BCUT2D eigenvalue weighted by Crippen LogP contribution is -2.03. The lowest BCUT2D eigenvalue weighted by Gasteiger charge is -2.05. The molecule has 17 heavy (non-hydrogen) atoms. The highest BCUT2D eigenvalue weighted by Gasteiger charge is 2.16. The summed E-state index contributed by atoms with van der Waals surface area (Å²) in [7, 11) is 0. The fraction of sp³-hybridized carbons (Fsp3) is 0.364. The third kappa shape index (κ3) is 2.03. The molecule has 3 rings (SSSR count). The van der Waals surface area contributed by atoms with Crippen LogP contribution in [0.15, 0.2) is 18.3 Å². The van der Waals surface area contributed by atoms with Crippen molar-refractivity contribution in [1.82, 2.24) is 19.7 Å². The molecule has 1 aliphatic heterocycles. The van der Waals surface area contributed by atoms with Crippen molar-refractivity contribution in [2.75, 3.05) is 6.61 Å². The van der Waals surface area contributed by atoms with E-state index in [0.717, 1.165) is 36.8 Å². The molecule has 0 unspecified atom stereocenters. The molecule has 0 saturated carbocycles. The van der Waals surface area contributed by atoms with Crippen LogP contribution in [0.4, 0.5) is 0 Å². The number of rotatable bonds is 1. The minimum absolute atomic E-state index is 0.479. The van der Waals surface area contributed by atoms with Gasteiger partial charge in [-0.15, -0.1) is 10.2 Å². The van der Waals surface area contributed by atoms with Crippen molar-refractivity contribution in [3.05, 3.63) is 29.3 Å². The standard InChI is InChI=1S/C11H11ClN4O/c12-9-3-2-8(6-13-9)11-15-14-10-7-17-5-1-4-16(10)11/h2-3,6H,1,4-5,7H2. The van der Waals surface area contributed by atoms with Crippen LogP contribution in [0.3, 0.4) is 0 Å². The van der Waals surface area contributed by atoms with Gasteiger partial charge in [0.2, 0.25) is 0 Å². The van der Waals surface area contributed by atoms with Crippen LogP contribution in [-0.4, -0.2) is 26.4 Å². The van der Waals surface area contributed by atoms with Gasteiger partial charge in [0, 0.05) is 24.9 Å². The van der Waals surface area contributed by atoms with E-state index in [1.165, 1.54) is 0 Å². The molecular weight excluding hydrogens is 240 g/mol. The fourth-order valence-electron chi connectivity index (χ4n) is 1.89. The van der Waals surface area contributed by atoms with E-state index in [9.17, 15) is 0 Å². The first-order valence-electron chi connectivity index (χ1n) is 5.46. The first kappa shape index (κ1) is 10.7. The van der Waals surface area contributed by atoms with Gasteiger partial charge in [0.1, 0.15) is 11.8 Å². The fourth-order valence-corrected chi connectivity index (χ4v) is 2.00. The van der Waals surface area contributed by atoms with Gasteiger partial charge in [0.15, 0.2) is 11.6 Å². The Morgan fingerprint density at radius 3 is 3.06 bits per heavy atom. The molecule has 0 spiro atoms. The van der Waals surface area contributed by atoms with Crippen LogP contribution >= 0.6 is 11.6 Å². The third-order valence-electron chi connectivity index (χ3n) is 2.71. The van der Waals surface area contributed by atoms with Gasteiger partial charge in [-0.25, -0.2) is 4.98 Å².